The van der Waals surface area contributed by atoms with E-state index in [1.54, 1.807) is 14.2 Å². The van der Waals surface area contributed by atoms with E-state index in [0.717, 1.165) is 22.5 Å². The maximum absolute atomic E-state index is 6.11. The summed E-state index contributed by atoms with van der Waals surface area (Å²) >= 11 is 4.45. The lowest BCUT2D eigenvalue weighted by Gasteiger charge is -2.32. The smallest absolute Gasteiger partial charge is 0.491 e. The molecule has 0 unspecified atom stereocenters. The highest BCUT2D eigenvalue weighted by molar-refractivity contribution is 7.80. The molecule has 0 spiro atoms. The highest BCUT2D eigenvalue weighted by Gasteiger charge is 2.52. The van der Waals surface area contributed by atoms with Crippen LogP contribution in [0, 0.1) is 0 Å². The number of rotatable bonds is 5. The summed E-state index contributed by atoms with van der Waals surface area (Å²) in [7, 11) is 2.87. The summed E-state index contributed by atoms with van der Waals surface area (Å²) in [5.74, 6) is 2.06. The van der Waals surface area contributed by atoms with E-state index in [-0.39, 0.29) is 11.2 Å². The average molecular weight is 336 g/mol. The largest absolute Gasteiger partial charge is 0.497 e. The molecule has 1 saturated heterocycles. The van der Waals surface area contributed by atoms with Crippen molar-refractivity contribution in [2.45, 2.75) is 38.9 Å². The summed E-state index contributed by atoms with van der Waals surface area (Å²) < 4.78 is 22.9. The van der Waals surface area contributed by atoms with Crippen molar-refractivity contribution in [1.29, 1.82) is 0 Å². The maximum atomic E-state index is 6.11. The van der Waals surface area contributed by atoms with Gasteiger partial charge in [0.05, 0.1) is 25.4 Å². The molecule has 6 heteroatoms. The molecule has 1 aliphatic heterocycles. The van der Waals surface area contributed by atoms with E-state index in [1.807, 2.05) is 52.0 Å². The Balaban J connectivity index is 2.37. The van der Waals surface area contributed by atoms with Crippen molar-refractivity contribution in [1.82, 2.24) is 0 Å². The monoisotopic (exact) mass is 336 g/mol. The Morgan fingerprint density at radius 2 is 1.74 bits per heavy atom. The molecule has 4 nitrogen and oxygen atoms in total. The van der Waals surface area contributed by atoms with Crippen LogP contribution in [0.5, 0.6) is 11.5 Å². The molecule has 0 atom stereocenters. The summed E-state index contributed by atoms with van der Waals surface area (Å²) in [4.78, 5) is 0. The Kier molecular flexibility index (Phi) is 5.39. The lowest BCUT2D eigenvalue weighted by Crippen LogP contribution is -2.41. The van der Waals surface area contributed by atoms with Gasteiger partial charge < -0.3 is 18.8 Å². The van der Waals surface area contributed by atoms with Gasteiger partial charge in [-0.3, -0.25) is 0 Å². The molecule has 2 rings (SSSR count). The van der Waals surface area contributed by atoms with E-state index in [9.17, 15) is 0 Å². The maximum Gasteiger partial charge on any atom is 0.491 e. The Bertz CT molecular complexity index is 582. The van der Waals surface area contributed by atoms with Crippen LogP contribution in [0.4, 0.5) is 0 Å². The minimum atomic E-state index is -0.423. The third-order valence-corrected chi connectivity index (χ3v) is 4.88. The quantitative estimate of drug-likeness (QED) is 0.658. The third-order valence-electron chi connectivity index (χ3n) is 4.52. The summed E-state index contributed by atoms with van der Waals surface area (Å²) in [6, 6.07) is 5.67. The third kappa shape index (κ3) is 3.70. The second-order valence-electron chi connectivity index (χ2n) is 6.57. The van der Waals surface area contributed by atoms with Crippen LogP contribution >= 0.6 is 12.6 Å². The standard InChI is InChI=1S/C17H25BO4S/c1-16(2)17(3,4)22-18(21-16)13(11-23)9-12-10-14(19-5)7-8-15(12)20-6/h7-10,23H,11H2,1-6H3. The molecule has 0 bridgehead atoms. The molecule has 1 aliphatic rings. The Hall–Kier alpha value is -1.11. The predicted molar refractivity (Wildman–Crippen MR) is 97.5 cm³/mol. The first-order valence-corrected chi connectivity index (χ1v) is 8.26. The van der Waals surface area contributed by atoms with E-state index in [1.165, 1.54) is 0 Å². The first-order chi connectivity index (χ1) is 10.7. The minimum Gasteiger partial charge on any atom is -0.497 e. The van der Waals surface area contributed by atoms with E-state index < -0.39 is 7.12 Å². The first-order valence-electron chi connectivity index (χ1n) is 7.63. The number of hydrogen-bond donors (Lipinski definition) is 1. The van der Waals surface area contributed by atoms with Crippen molar-refractivity contribution in [2.24, 2.45) is 0 Å². The predicted octanol–water partition coefficient (Wildman–Crippen LogP) is 3.65. The lowest BCUT2D eigenvalue weighted by atomic mass is 9.78. The Labute approximate surface area is 144 Å². The van der Waals surface area contributed by atoms with Crippen molar-refractivity contribution in [3.63, 3.8) is 0 Å². The van der Waals surface area contributed by atoms with Gasteiger partial charge in [0.2, 0.25) is 0 Å². The molecule has 1 heterocycles. The summed E-state index contributed by atoms with van der Waals surface area (Å²) in [5.41, 5.74) is 1.10. The number of hydrogen-bond acceptors (Lipinski definition) is 5. The molecule has 1 aromatic carbocycles. The topological polar surface area (TPSA) is 36.9 Å². The molecule has 23 heavy (non-hydrogen) atoms. The molecular weight excluding hydrogens is 311 g/mol. The van der Waals surface area contributed by atoms with E-state index >= 15 is 0 Å². The van der Waals surface area contributed by atoms with Crippen molar-refractivity contribution >= 4 is 25.8 Å². The fourth-order valence-electron chi connectivity index (χ4n) is 2.33. The van der Waals surface area contributed by atoms with Crippen molar-refractivity contribution in [2.75, 3.05) is 20.0 Å². The van der Waals surface area contributed by atoms with Gasteiger partial charge in [-0.2, -0.15) is 12.6 Å². The van der Waals surface area contributed by atoms with Gasteiger partial charge in [-0.15, -0.1) is 0 Å². The molecule has 1 fully saturated rings. The number of thiol groups is 1. The molecule has 0 saturated carbocycles. The van der Waals surface area contributed by atoms with Crippen LogP contribution < -0.4 is 9.47 Å². The Morgan fingerprint density at radius 1 is 1.13 bits per heavy atom. The molecule has 126 valence electrons. The van der Waals surface area contributed by atoms with Crippen LogP contribution in [0.25, 0.3) is 6.08 Å². The highest BCUT2D eigenvalue weighted by Crippen LogP contribution is 2.39. The van der Waals surface area contributed by atoms with Gasteiger partial charge in [-0.05, 0) is 51.4 Å². The van der Waals surface area contributed by atoms with Gasteiger partial charge in [0.15, 0.2) is 0 Å². The average Bonchev–Trinajstić information content (AvgIpc) is 2.72. The fourth-order valence-corrected chi connectivity index (χ4v) is 2.57. The molecular formula is C17H25BO4S. The van der Waals surface area contributed by atoms with Gasteiger partial charge >= 0.3 is 7.12 Å². The van der Waals surface area contributed by atoms with E-state index in [2.05, 4.69) is 12.6 Å². The molecule has 0 N–H and O–H groups in total. The van der Waals surface area contributed by atoms with E-state index in [4.69, 9.17) is 18.8 Å². The van der Waals surface area contributed by atoms with E-state index in [0.29, 0.717) is 5.75 Å². The second-order valence-corrected chi connectivity index (χ2v) is 6.89. The Morgan fingerprint density at radius 3 is 2.22 bits per heavy atom. The van der Waals surface area contributed by atoms with Crippen LogP contribution in [-0.2, 0) is 9.31 Å². The molecule has 0 amide bonds. The number of benzene rings is 1. The van der Waals surface area contributed by atoms with Crippen molar-refractivity contribution in [3.8, 4) is 11.5 Å². The van der Waals surface area contributed by atoms with Crippen LogP contribution in [0.1, 0.15) is 33.3 Å². The summed E-state index contributed by atoms with van der Waals surface area (Å²) in [5, 5.41) is 0. The van der Waals surface area contributed by atoms with Gasteiger partial charge in [0, 0.05) is 11.3 Å². The lowest BCUT2D eigenvalue weighted by molar-refractivity contribution is 0.00578. The van der Waals surface area contributed by atoms with Gasteiger partial charge in [0.1, 0.15) is 11.5 Å². The van der Waals surface area contributed by atoms with Crippen LogP contribution in [0.3, 0.4) is 0 Å². The number of ether oxygens (including phenoxy) is 2. The van der Waals surface area contributed by atoms with Crippen LogP contribution in [0.15, 0.2) is 23.7 Å². The summed E-state index contributed by atoms with van der Waals surface area (Å²) in [6.07, 6.45) is 2.00. The normalized spacial score (nSPS) is 19.8. The fraction of sp³-hybridized carbons (Fsp3) is 0.529. The zero-order chi connectivity index (χ0) is 17.3. The number of methoxy groups -OCH3 is 2. The van der Waals surface area contributed by atoms with Crippen LogP contribution in [0.2, 0.25) is 0 Å². The molecule has 0 radical (unpaired) electrons. The molecule has 0 aromatic heterocycles. The summed E-state index contributed by atoms with van der Waals surface area (Å²) in [6.45, 7) is 8.15. The molecule has 0 aliphatic carbocycles. The van der Waals surface area contributed by atoms with Gasteiger partial charge in [0.25, 0.3) is 0 Å². The zero-order valence-corrected chi connectivity index (χ0v) is 15.6. The van der Waals surface area contributed by atoms with Crippen molar-refractivity contribution < 1.29 is 18.8 Å². The zero-order valence-electron chi connectivity index (χ0n) is 14.7. The van der Waals surface area contributed by atoms with Crippen LogP contribution in [-0.4, -0.2) is 38.3 Å². The first kappa shape index (κ1) is 18.2. The second kappa shape index (κ2) is 6.79. The minimum absolute atomic E-state index is 0.377. The SMILES string of the molecule is COc1ccc(OC)c(C=C(CS)B2OC(C)(C)C(C)(C)O2)c1. The van der Waals surface area contributed by atoms with Gasteiger partial charge in [-0.1, -0.05) is 6.08 Å². The van der Waals surface area contributed by atoms with Crippen molar-refractivity contribution in [3.05, 3.63) is 29.2 Å². The van der Waals surface area contributed by atoms with Gasteiger partial charge in [-0.25, -0.2) is 0 Å². The molecule has 1 aromatic rings. The highest BCUT2D eigenvalue weighted by atomic mass is 32.1.